The van der Waals surface area contributed by atoms with Gasteiger partial charge < -0.3 is 9.42 Å². The van der Waals surface area contributed by atoms with E-state index in [-0.39, 0.29) is 5.91 Å². The standard InChI is InChI=1S/C22H26N4O2S/c1-16-13-19(18(3)26(16)21-14-17(2)28-23-21)6-7-22(27)25-10-8-24(9-11-25)15-20-5-4-12-29-20/h4-7,12-14H,8-11,15H2,1-3H3. The molecule has 3 aromatic heterocycles. The van der Waals surface area contributed by atoms with Gasteiger partial charge in [0.2, 0.25) is 5.91 Å². The predicted molar refractivity (Wildman–Crippen MR) is 115 cm³/mol. The zero-order valence-electron chi connectivity index (χ0n) is 17.1. The van der Waals surface area contributed by atoms with Gasteiger partial charge in [-0.05, 0) is 49.9 Å². The third-order valence-corrected chi connectivity index (χ3v) is 6.23. The predicted octanol–water partition coefficient (Wildman–Crippen LogP) is 3.81. The number of piperazine rings is 1. The quantitative estimate of drug-likeness (QED) is 0.600. The second-order valence-corrected chi connectivity index (χ2v) is 8.50. The molecule has 7 heteroatoms. The number of carbonyl (C=O) groups is 1. The van der Waals surface area contributed by atoms with Crippen LogP contribution >= 0.6 is 11.3 Å². The minimum atomic E-state index is 0.0721. The van der Waals surface area contributed by atoms with Crippen molar-refractivity contribution >= 4 is 23.3 Å². The largest absolute Gasteiger partial charge is 0.360 e. The molecule has 152 valence electrons. The third-order valence-electron chi connectivity index (χ3n) is 5.36. The molecular weight excluding hydrogens is 384 g/mol. The van der Waals surface area contributed by atoms with Gasteiger partial charge >= 0.3 is 0 Å². The van der Waals surface area contributed by atoms with Gasteiger partial charge in [-0.2, -0.15) is 0 Å². The Kier molecular flexibility index (Phi) is 5.69. The first kappa shape index (κ1) is 19.7. The molecule has 1 saturated heterocycles. The van der Waals surface area contributed by atoms with Crippen LogP contribution in [0.4, 0.5) is 0 Å². The maximum Gasteiger partial charge on any atom is 0.246 e. The molecule has 29 heavy (non-hydrogen) atoms. The van der Waals surface area contributed by atoms with Crippen LogP contribution in [0.5, 0.6) is 0 Å². The van der Waals surface area contributed by atoms with Gasteiger partial charge in [0.1, 0.15) is 5.76 Å². The van der Waals surface area contributed by atoms with Crippen molar-refractivity contribution in [2.24, 2.45) is 0 Å². The van der Waals surface area contributed by atoms with Gasteiger partial charge in [-0.15, -0.1) is 11.3 Å². The smallest absolute Gasteiger partial charge is 0.246 e. The summed E-state index contributed by atoms with van der Waals surface area (Å²) < 4.78 is 7.25. The molecule has 0 saturated carbocycles. The molecule has 0 N–H and O–H groups in total. The Hall–Kier alpha value is -2.64. The van der Waals surface area contributed by atoms with E-state index < -0.39 is 0 Å². The van der Waals surface area contributed by atoms with Crippen LogP contribution in [0.2, 0.25) is 0 Å². The highest BCUT2D eigenvalue weighted by molar-refractivity contribution is 7.09. The fraction of sp³-hybridized carbons (Fsp3) is 0.364. The summed E-state index contributed by atoms with van der Waals surface area (Å²) in [6, 6.07) is 8.24. The van der Waals surface area contributed by atoms with Crippen molar-refractivity contribution in [3.8, 4) is 5.82 Å². The van der Waals surface area contributed by atoms with E-state index in [2.05, 4.69) is 33.6 Å². The summed E-state index contributed by atoms with van der Waals surface area (Å²) in [5, 5.41) is 6.22. The summed E-state index contributed by atoms with van der Waals surface area (Å²) >= 11 is 1.79. The van der Waals surface area contributed by atoms with Crippen molar-refractivity contribution in [3.63, 3.8) is 0 Å². The SMILES string of the molecule is Cc1cc(-n2c(C)cc(C=CC(=O)N3CCN(Cc4cccs4)CC3)c2C)no1. The lowest BCUT2D eigenvalue weighted by Crippen LogP contribution is -2.47. The zero-order chi connectivity index (χ0) is 20.4. The van der Waals surface area contributed by atoms with Crippen LogP contribution in [0.25, 0.3) is 11.9 Å². The van der Waals surface area contributed by atoms with Gasteiger partial charge in [0, 0.05) is 61.1 Å². The molecule has 3 aromatic rings. The second-order valence-electron chi connectivity index (χ2n) is 7.47. The molecule has 0 atom stereocenters. The lowest BCUT2D eigenvalue weighted by Gasteiger charge is -2.33. The second kappa shape index (κ2) is 8.39. The number of nitrogens with zero attached hydrogens (tertiary/aromatic N) is 4. The van der Waals surface area contributed by atoms with Crippen LogP contribution in [0.1, 0.15) is 27.6 Å². The number of rotatable bonds is 5. The van der Waals surface area contributed by atoms with Gasteiger partial charge in [0.05, 0.1) is 0 Å². The highest BCUT2D eigenvalue weighted by Crippen LogP contribution is 2.22. The van der Waals surface area contributed by atoms with E-state index in [9.17, 15) is 4.79 Å². The van der Waals surface area contributed by atoms with Gasteiger partial charge in [0.25, 0.3) is 0 Å². The van der Waals surface area contributed by atoms with Crippen molar-refractivity contribution < 1.29 is 9.32 Å². The molecule has 1 aliphatic heterocycles. The first-order valence-corrected chi connectivity index (χ1v) is 10.7. The average molecular weight is 411 g/mol. The van der Waals surface area contributed by atoms with E-state index in [1.54, 1.807) is 17.4 Å². The van der Waals surface area contributed by atoms with E-state index in [4.69, 9.17) is 4.52 Å². The van der Waals surface area contributed by atoms with Crippen LogP contribution in [0, 0.1) is 20.8 Å². The first-order chi connectivity index (χ1) is 14.0. The Morgan fingerprint density at radius 2 is 2.00 bits per heavy atom. The molecule has 4 rings (SSSR count). The minimum absolute atomic E-state index is 0.0721. The van der Waals surface area contributed by atoms with Crippen LogP contribution in [0.15, 0.2) is 40.2 Å². The molecule has 0 unspecified atom stereocenters. The number of aryl methyl sites for hydroxylation is 2. The summed E-state index contributed by atoms with van der Waals surface area (Å²) in [5.41, 5.74) is 3.12. The molecule has 1 fully saturated rings. The van der Waals surface area contributed by atoms with Crippen LogP contribution < -0.4 is 0 Å². The molecule has 4 heterocycles. The van der Waals surface area contributed by atoms with Gasteiger partial charge in [-0.3, -0.25) is 14.3 Å². The molecule has 0 spiro atoms. The molecule has 0 radical (unpaired) electrons. The Bertz CT molecular complexity index is 1010. The van der Waals surface area contributed by atoms with Crippen molar-refractivity contribution in [1.29, 1.82) is 0 Å². The number of thiophene rings is 1. The fourth-order valence-corrected chi connectivity index (χ4v) is 4.53. The Morgan fingerprint density at radius 3 is 2.66 bits per heavy atom. The van der Waals surface area contributed by atoms with E-state index in [1.165, 1.54) is 4.88 Å². The monoisotopic (exact) mass is 410 g/mol. The van der Waals surface area contributed by atoms with Crippen LogP contribution in [0.3, 0.4) is 0 Å². The maximum absolute atomic E-state index is 12.7. The van der Waals surface area contributed by atoms with Crippen molar-refractivity contribution in [3.05, 3.63) is 63.3 Å². The Balaban J connectivity index is 1.38. The average Bonchev–Trinajstić information content (AvgIpc) is 3.42. The topological polar surface area (TPSA) is 54.5 Å². The van der Waals surface area contributed by atoms with Gasteiger partial charge in [-0.25, -0.2) is 0 Å². The fourth-order valence-electron chi connectivity index (χ4n) is 3.78. The molecule has 0 aromatic carbocycles. The zero-order valence-corrected chi connectivity index (χ0v) is 17.9. The lowest BCUT2D eigenvalue weighted by molar-refractivity contribution is -0.127. The van der Waals surface area contributed by atoms with Crippen LogP contribution in [-0.2, 0) is 11.3 Å². The third kappa shape index (κ3) is 4.36. The number of amides is 1. The molecule has 1 aliphatic rings. The summed E-state index contributed by atoms with van der Waals surface area (Å²) in [6.45, 7) is 10.3. The highest BCUT2D eigenvalue weighted by Gasteiger charge is 2.20. The summed E-state index contributed by atoms with van der Waals surface area (Å²) in [5.74, 6) is 1.62. The van der Waals surface area contributed by atoms with Gasteiger partial charge in [-0.1, -0.05) is 11.2 Å². The molecule has 0 aliphatic carbocycles. The van der Waals surface area contributed by atoms with Crippen LogP contribution in [-0.4, -0.2) is 51.6 Å². The van der Waals surface area contributed by atoms with E-state index in [1.807, 2.05) is 42.4 Å². The Morgan fingerprint density at radius 1 is 1.21 bits per heavy atom. The number of aromatic nitrogens is 2. The minimum Gasteiger partial charge on any atom is -0.360 e. The number of hydrogen-bond donors (Lipinski definition) is 0. The van der Waals surface area contributed by atoms with E-state index in [0.29, 0.717) is 0 Å². The van der Waals surface area contributed by atoms with E-state index >= 15 is 0 Å². The van der Waals surface area contributed by atoms with Crippen molar-refractivity contribution in [2.75, 3.05) is 26.2 Å². The summed E-state index contributed by atoms with van der Waals surface area (Å²) in [4.78, 5) is 18.4. The lowest BCUT2D eigenvalue weighted by atomic mass is 10.2. The molecule has 0 bridgehead atoms. The van der Waals surface area contributed by atoms with Crippen molar-refractivity contribution in [1.82, 2.24) is 19.5 Å². The molecule has 6 nitrogen and oxygen atoms in total. The first-order valence-electron chi connectivity index (χ1n) is 9.85. The normalized spacial score (nSPS) is 15.5. The van der Waals surface area contributed by atoms with Gasteiger partial charge in [0.15, 0.2) is 5.82 Å². The molecular formula is C22H26N4O2S. The maximum atomic E-state index is 12.7. The van der Waals surface area contributed by atoms with E-state index in [0.717, 1.165) is 61.3 Å². The molecule has 1 amide bonds. The summed E-state index contributed by atoms with van der Waals surface area (Å²) in [7, 11) is 0. The van der Waals surface area contributed by atoms with Crippen molar-refractivity contribution in [2.45, 2.75) is 27.3 Å². The highest BCUT2D eigenvalue weighted by atomic mass is 32.1. The number of hydrogen-bond acceptors (Lipinski definition) is 5. The Labute approximate surface area is 175 Å². The number of carbonyl (C=O) groups excluding carboxylic acids is 1. The summed E-state index contributed by atoms with van der Waals surface area (Å²) in [6.07, 6.45) is 3.60.